The molecule has 1 N–H and O–H groups in total. The van der Waals surface area contributed by atoms with Gasteiger partial charge in [0.1, 0.15) is 11.3 Å². The zero-order valence-electron chi connectivity index (χ0n) is 11.5. The number of hydrogen-bond acceptors (Lipinski definition) is 5. The molecule has 0 unspecified atom stereocenters. The molecular weight excluding hydrogens is 274 g/mol. The average Bonchev–Trinajstić information content (AvgIpc) is 2.49. The number of phenols is 1. The summed E-state index contributed by atoms with van der Waals surface area (Å²) >= 11 is 0. The fraction of sp³-hybridized carbons (Fsp3) is 0.133. The van der Waals surface area contributed by atoms with Gasteiger partial charge in [0, 0.05) is 11.6 Å². The van der Waals surface area contributed by atoms with Crippen LogP contribution in [0.25, 0.3) is 11.1 Å². The first-order valence-electron chi connectivity index (χ1n) is 6.12. The van der Waals surface area contributed by atoms with Crippen molar-refractivity contribution in [1.29, 1.82) is 0 Å². The second-order valence-corrected chi connectivity index (χ2v) is 4.42. The Kier molecular flexibility index (Phi) is 3.89. The highest BCUT2D eigenvalue weighted by atomic mass is 16.6. The molecule has 21 heavy (non-hydrogen) atoms. The fourth-order valence-electron chi connectivity index (χ4n) is 2.09. The minimum atomic E-state index is -0.746. The number of aryl methyl sites for hydroxylation is 1. The Balaban J connectivity index is 2.79. The van der Waals surface area contributed by atoms with Gasteiger partial charge in [0.25, 0.3) is 5.69 Å². The summed E-state index contributed by atoms with van der Waals surface area (Å²) in [5.74, 6) is -0.984. The Labute approximate surface area is 120 Å². The highest BCUT2D eigenvalue weighted by Gasteiger charge is 2.24. The SMILES string of the molecule is COC(=O)c1c(-c2ccccc2[N+](=O)[O-])ccc(C)c1O. The van der Waals surface area contributed by atoms with Crippen LogP contribution in [0.3, 0.4) is 0 Å². The fourth-order valence-corrected chi connectivity index (χ4v) is 2.09. The van der Waals surface area contributed by atoms with Crippen molar-refractivity contribution in [2.24, 2.45) is 0 Å². The molecule has 0 saturated heterocycles. The first kappa shape index (κ1) is 14.5. The number of nitro benzene ring substituents is 1. The lowest BCUT2D eigenvalue weighted by Gasteiger charge is -2.12. The van der Waals surface area contributed by atoms with Gasteiger partial charge in [-0.2, -0.15) is 0 Å². The van der Waals surface area contributed by atoms with Gasteiger partial charge in [-0.3, -0.25) is 10.1 Å². The molecule has 0 heterocycles. The molecule has 0 aliphatic rings. The topological polar surface area (TPSA) is 89.7 Å². The predicted molar refractivity (Wildman–Crippen MR) is 76.3 cm³/mol. The lowest BCUT2D eigenvalue weighted by atomic mass is 9.95. The van der Waals surface area contributed by atoms with Gasteiger partial charge in [-0.25, -0.2) is 4.79 Å². The minimum absolute atomic E-state index is 0.0770. The quantitative estimate of drug-likeness (QED) is 0.532. The van der Waals surface area contributed by atoms with E-state index in [2.05, 4.69) is 4.74 Å². The van der Waals surface area contributed by atoms with Gasteiger partial charge in [0.05, 0.1) is 17.6 Å². The largest absolute Gasteiger partial charge is 0.507 e. The van der Waals surface area contributed by atoms with Crippen molar-refractivity contribution in [1.82, 2.24) is 0 Å². The molecule has 0 amide bonds. The third kappa shape index (κ3) is 2.55. The van der Waals surface area contributed by atoms with Crippen molar-refractivity contribution >= 4 is 11.7 Å². The van der Waals surface area contributed by atoms with Crippen molar-refractivity contribution in [2.75, 3.05) is 7.11 Å². The summed E-state index contributed by atoms with van der Waals surface area (Å²) < 4.78 is 4.67. The van der Waals surface area contributed by atoms with Crippen LogP contribution in [0.1, 0.15) is 15.9 Å². The molecule has 6 nitrogen and oxygen atoms in total. The van der Waals surface area contributed by atoms with Crippen molar-refractivity contribution in [3.8, 4) is 16.9 Å². The molecule has 0 radical (unpaired) electrons. The van der Waals surface area contributed by atoms with E-state index in [1.54, 1.807) is 25.1 Å². The molecule has 0 fully saturated rings. The van der Waals surface area contributed by atoms with Gasteiger partial charge in [-0.15, -0.1) is 0 Å². The van der Waals surface area contributed by atoms with Gasteiger partial charge < -0.3 is 9.84 Å². The molecule has 0 aliphatic heterocycles. The zero-order chi connectivity index (χ0) is 15.6. The molecule has 0 spiro atoms. The first-order valence-corrected chi connectivity index (χ1v) is 6.12. The molecular formula is C15H13NO5. The number of nitro groups is 1. The Morgan fingerprint density at radius 1 is 1.19 bits per heavy atom. The zero-order valence-corrected chi connectivity index (χ0v) is 11.5. The summed E-state index contributed by atoms with van der Waals surface area (Å²) in [6.45, 7) is 1.63. The van der Waals surface area contributed by atoms with E-state index in [0.29, 0.717) is 5.56 Å². The maximum absolute atomic E-state index is 11.9. The van der Waals surface area contributed by atoms with E-state index in [9.17, 15) is 20.0 Å². The number of carbonyl (C=O) groups is 1. The molecule has 2 rings (SSSR count). The number of carbonyl (C=O) groups excluding carboxylic acids is 1. The van der Waals surface area contributed by atoms with E-state index < -0.39 is 10.9 Å². The highest BCUT2D eigenvalue weighted by Crippen LogP contribution is 2.37. The second-order valence-electron chi connectivity index (χ2n) is 4.42. The van der Waals surface area contributed by atoms with Crippen molar-refractivity contribution < 1.29 is 19.6 Å². The lowest BCUT2D eigenvalue weighted by molar-refractivity contribution is -0.384. The molecule has 2 aromatic rings. The van der Waals surface area contributed by atoms with Gasteiger partial charge in [-0.1, -0.05) is 24.3 Å². The number of ether oxygens (including phenoxy) is 1. The molecule has 0 saturated carbocycles. The Morgan fingerprint density at radius 2 is 1.86 bits per heavy atom. The third-order valence-corrected chi connectivity index (χ3v) is 3.16. The van der Waals surface area contributed by atoms with Crippen LogP contribution in [-0.4, -0.2) is 23.1 Å². The summed E-state index contributed by atoms with van der Waals surface area (Å²) in [6.07, 6.45) is 0. The summed E-state index contributed by atoms with van der Waals surface area (Å²) in [6, 6.07) is 9.17. The van der Waals surface area contributed by atoms with Crippen LogP contribution in [0.4, 0.5) is 5.69 Å². The maximum atomic E-state index is 11.9. The number of benzene rings is 2. The van der Waals surface area contributed by atoms with Gasteiger partial charge in [-0.05, 0) is 18.6 Å². The van der Waals surface area contributed by atoms with Gasteiger partial charge >= 0.3 is 5.97 Å². The van der Waals surface area contributed by atoms with Crippen molar-refractivity contribution in [2.45, 2.75) is 6.92 Å². The van der Waals surface area contributed by atoms with E-state index >= 15 is 0 Å². The summed E-state index contributed by atoms with van der Waals surface area (Å²) in [5.41, 5.74) is 0.769. The number of rotatable bonds is 3. The molecule has 0 atom stereocenters. The molecule has 0 aliphatic carbocycles. The van der Waals surface area contributed by atoms with Crippen LogP contribution in [0.2, 0.25) is 0 Å². The Morgan fingerprint density at radius 3 is 2.48 bits per heavy atom. The third-order valence-electron chi connectivity index (χ3n) is 3.16. The maximum Gasteiger partial charge on any atom is 0.342 e. The predicted octanol–water partition coefficient (Wildman–Crippen LogP) is 3.06. The van der Waals surface area contributed by atoms with Crippen LogP contribution >= 0.6 is 0 Å². The van der Waals surface area contributed by atoms with Gasteiger partial charge in [0.2, 0.25) is 0 Å². The molecule has 6 heteroatoms. The second kappa shape index (κ2) is 5.62. The van der Waals surface area contributed by atoms with Crippen LogP contribution in [-0.2, 0) is 4.74 Å². The monoisotopic (exact) mass is 287 g/mol. The number of esters is 1. The lowest BCUT2D eigenvalue weighted by Crippen LogP contribution is -2.06. The highest BCUT2D eigenvalue weighted by molar-refractivity contribution is 6.01. The number of para-hydroxylation sites is 1. The van der Waals surface area contributed by atoms with Crippen LogP contribution in [0.5, 0.6) is 5.75 Å². The minimum Gasteiger partial charge on any atom is -0.507 e. The summed E-state index contributed by atoms with van der Waals surface area (Å²) in [7, 11) is 1.19. The number of nitrogens with zero attached hydrogens (tertiary/aromatic N) is 1. The standard InChI is InChI=1S/C15H13NO5/c1-9-7-8-11(13(14(9)17)15(18)21-2)10-5-3-4-6-12(10)16(19)20/h3-8,17H,1-2H3. The van der Waals surface area contributed by atoms with Gasteiger partial charge in [0.15, 0.2) is 0 Å². The molecule has 108 valence electrons. The number of aromatic hydroxyl groups is 1. The Bertz CT molecular complexity index is 724. The van der Waals surface area contributed by atoms with E-state index in [1.165, 1.54) is 25.3 Å². The van der Waals surface area contributed by atoms with E-state index in [4.69, 9.17) is 0 Å². The van der Waals surface area contributed by atoms with Crippen LogP contribution in [0, 0.1) is 17.0 Å². The molecule has 0 aromatic heterocycles. The van der Waals surface area contributed by atoms with E-state index in [1.807, 2.05) is 0 Å². The number of phenolic OH excluding ortho intramolecular Hbond substituents is 1. The van der Waals surface area contributed by atoms with E-state index in [-0.39, 0.29) is 28.1 Å². The van der Waals surface area contributed by atoms with Crippen molar-refractivity contribution in [3.05, 3.63) is 57.6 Å². The first-order chi connectivity index (χ1) is 9.97. The average molecular weight is 287 g/mol. The summed E-state index contributed by atoms with van der Waals surface area (Å²) in [5, 5.41) is 21.2. The number of methoxy groups -OCH3 is 1. The Hall–Kier alpha value is -2.89. The summed E-state index contributed by atoms with van der Waals surface area (Å²) in [4.78, 5) is 22.5. The van der Waals surface area contributed by atoms with Crippen molar-refractivity contribution in [3.63, 3.8) is 0 Å². The normalized spacial score (nSPS) is 10.2. The van der Waals surface area contributed by atoms with E-state index in [0.717, 1.165) is 0 Å². The van der Waals surface area contributed by atoms with Crippen LogP contribution in [0.15, 0.2) is 36.4 Å². The number of hydrogen-bond donors (Lipinski definition) is 1. The molecule has 2 aromatic carbocycles. The molecule has 0 bridgehead atoms. The van der Waals surface area contributed by atoms with Crippen LogP contribution < -0.4 is 0 Å². The smallest absolute Gasteiger partial charge is 0.342 e.